The van der Waals surface area contributed by atoms with Crippen molar-refractivity contribution >= 4 is 11.4 Å². The van der Waals surface area contributed by atoms with Gasteiger partial charge < -0.3 is 9.30 Å². The van der Waals surface area contributed by atoms with Crippen LogP contribution >= 0.6 is 0 Å². The number of nitrogens with zero attached hydrogens (tertiary/aromatic N) is 4. The first-order valence-electron chi connectivity index (χ1n) is 8.35. The van der Waals surface area contributed by atoms with Gasteiger partial charge in [0.1, 0.15) is 11.4 Å². The molecule has 0 fully saturated rings. The number of Topliss-reactive ketones (excluding diaryl/α,β-unsaturated/α-hetero) is 1. The maximum atomic E-state index is 13.0. The molecule has 0 saturated carbocycles. The Labute approximate surface area is 157 Å². The van der Waals surface area contributed by atoms with E-state index in [0.29, 0.717) is 17.0 Å². The Bertz CT molecular complexity index is 1080. The predicted molar refractivity (Wildman–Crippen MR) is 93.7 cm³/mol. The number of carbonyl (C=O) groups excluding carboxylic acids is 1. The molecular formula is C19H15F3N4O2. The first kappa shape index (κ1) is 18.0. The number of ketones is 1. The van der Waals surface area contributed by atoms with Gasteiger partial charge in [0, 0.05) is 31.4 Å². The lowest BCUT2D eigenvalue weighted by atomic mass is 9.83. The zero-order valence-corrected chi connectivity index (χ0v) is 14.9. The van der Waals surface area contributed by atoms with Gasteiger partial charge in [-0.3, -0.25) is 9.48 Å². The number of carbonyl (C=O) groups is 1. The van der Waals surface area contributed by atoms with Crippen molar-refractivity contribution in [3.63, 3.8) is 0 Å². The summed E-state index contributed by atoms with van der Waals surface area (Å²) >= 11 is 0. The van der Waals surface area contributed by atoms with Crippen molar-refractivity contribution in [3.05, 3.63) is 71.6 Å². The standard InChI is InChI=1S/C19H15F3N4O2/c1-25-10-23-16-17(25)14(12-8-24-26(2)9-12)7-15(18(16)27)11-3-5-13(6-4-11)28-19(20,21)22/h3-10,15H,1-2H3/t15-/m1/s1. The van der Waals surface area contributed by atoms with Crippen LogP contribution in [-0.4, -0.2) is 31.5 Å². The van der Waals surface area contributed by atoms with Crippen molar-refractivity contribution in [2.24, 2.45) is 14.1 Å². The fourth-order valence-corrected chi connectivity index (χ4v) is 3.31. The van der Waals surface area contributed by atoms with E-state index in [1.54, 1.807) is 41.9 Å². The summed E-state index contributed by atoms with van der Waals surface area (Å²) in [5, 5.41) is 4.18. The van der Waals surface area contributed by atoms with E-state index < -0.39 is 12.3 Å². The Morgan fingerprint density at radius 2 is 1.86 bits per heavy atom. The highest BCUT2D eigenvalue weighted by Gasteiger charge is 2.34. The average molecular weight is 388 g/mol. The van der Waals surface area contributed by atoms with E-state index in [1.807, 2.05) is 6.20 Å². The molecule has 3 aromatic rings. The number of benzene rings is 1. The van der Waals surface area contributed by atoms with Crippen LogP contribution in [0.3, 0.4) is 0 Å². The van der Waals surface area contributed by atoms with E-state index in [4.69, 9.17) is 0 Å². The highest BCUT2D eigenvalue weighted by atomic mass is 19.4. The Morgan fingerprint density at radius 1 is 1.14 bits per heavy atom. The molecule has 0 amide bonds. The molecule has 0 aliphatic heterocycles. The van der Waals surface area contributed by atoms with Gasteiger partial charge in [-0.1, -0.05) is 18.2 Å². The molecule has 28 heavy (non-hydrogen) atoms. The van der Waals surface area contributed by atoms with Gasteiger partial charge in [0.15, 0.2) is 5.78 Å². The number of aryl methyl sites for hydroxylation is 2. The van der Waals surface area contributed by atoms with Gasteiger partial charge in [-0.25, -0.2) is 4.98 Å². The third-order valence-electron chi connectivity index (χ3n) is 4.53. The topological polar surface area (TPSA) is 61.9 Å². The van der Waals surface area contributed by atoms with Gasteiger partial charge >= 0.3 is 6.36 Å². The molecule has 4 rings (SSSR count). The number of halogens is 3. The number of fused-ring (bicyclic) bond motifs is 1. The minimum absolute atomic E-state index is 0.215. The van der Waals surface area contributed by atoms with E-state index in [2.05, 4.69) is 14.8 Å². The zero-order chi connectivity index (χ0) is 20.1. The van der Waals surface area contributed by atoms with Crippen LogP contribution in [0.15, 0.2) is 49.1 Å². The molecule has 0 bridgehead atoms. The molecule has 9 heteroatoms. The second-order valence-corrected chi connectivity index (χ2v) is 6.49. The highest BCUT2D eigenvalue weighted by Crippen LogP contribution is 2.37. The molecule has 0 spiro atoms. The lowest BCUT2D eigenvalue weighted by Crippen LogP contribution is -2.20. The van der Waals surface area contributed by atoms with Crippen molar-refractivity contribution in [1.82, 2.24) is 19.3 Å². The monoisotopic (exact) mass is 388 g/mol. The van der Waals surface area contributed by atoms with Crippen molar-refractivity contribution < 1.29 is 22.7 Å². The Balaban J connectivity index is 1.76. The Hall–Kier alpha value is -3.36. The van der Waals surface area contributed by atoms with Crippen LogP contribution < -0.4 is 4.74 Å². The van der Waals surface area contributed by atoms with Gasteiger partial charge in [0.25, 0.3) is 0 Å². The first-order chi connectivity index (χ1) is 13.2. The number of imidazole rings is 1. The lowest BCUT2D eigenvalue weighted by molar-refractivity contribution is -0.274. The van der Waals surface area contributed by atoms with Crippen molar-refractivity contribution in [3.8, 4) is 5.75 Å². The smallest absolute Gasteiger partial charge is 0.406 e. The van der Waals surface area contributed by atoms with E-state index in [-0.39, 0.29) is 11.5 Å². The Morgan fingerprint density at radius 3 is 2.46 bits per heavy atom. The van der Waals surface area contributed by atoms with Crippen LogP contribution in [0.4, 0.5) is 13.2 Å². The summed E-state index contributed by atoms with van der Waals surface area (Å²) in [6.45, 7) is 0. The normalized spacial score (nSPS) is 16.7. The van der Waals surface area contributed by atoms with Crippen LogP contribution in [0.25, 0.3) is 5.57 Å². The predicted octanol–water partition coefficient (Wildman–Crippen LogP) is 3.46. The fourth-order valence-electron chi connectivity index (χ4n) is 3.31. The van der Waals surface area contributed by atoms with Gasteiger partial charge in [-0.05, 0) is 17.7 Å². The molecule has 0 unspecified atom stereocenters. The van der Waals surface area contributed by atoms with Crippen molar-refractivity contribution in [2.45, 2.75) is 12.3 Å². The molecule has 2 heterocycles. The van der Waals surface area contributed by atoms with Gasteiger partial charge in [-0.15, -0.1) is 13.2 Å². The van der Waals surface area contributed by atoms with Crippen LogP contribution in [-0.2, 0) is 14.1 Å². The summed E-state index contributed by atoms with van der Waals surface area (Å²) < 4.78 is 44.4. The van der Waals surface area contributed by atoms with E-state index >= 15 is 0 Å². The minimum Gasteiger partial charge on any atom is -0.406 e. The molecule has 0 N–H and O–H groups in total. The van der Waals surface area contributed by atoms with Crippen molar-refractivity contribution in [2.75, 3.05) is 0 Å². The zero-order valence-electron chi connectivity index (χ0n) is 14.9. The molecule has 2 aromatic heterocycles. The highest BCUT2D eigenvalue weighted by molar-refractivity contribution is 6.09. The molecule has 6 nitrogen and oxygen atoms in total. The molecule has 1 aliphatic carbocycles. The summed E-state index contributed by atoms with van der Waals surface area (Å²) in [5.41, 5.74) is 3.18. The second-order valence-electron chi connectivity index (χ2n) is 6.49. The second kappa shape index (κ2) is 6.36. The molecule has 1 aromatic carbocycles. The molecule has 144 valence electrons. The van der Waals surface area contributed by atoms with Gasteiger partial charge in [0.05, 0.1) is 24.1 Å². The minimum atomic E-state index is -4.77. The number of allylic oxidation sites excluding steroid dienone is 1. The maximum Gasteiger partial charge on any atom is 0.573 e. The van der Waals surface area contributed by atoms with Crippen LogP contribution in [0.2, 0.25) is 0 Å². The van der Waals surface area contributed by atoms with Gasteiger partial charge in [0.2, 0.25) is 0 Å². The number of hydrogen-bond donors (Lipinski definition) is 0. The third kappa shape index (κ3) is 3.19. The molecule has 1 atom stereocenters. The van der Waals surface area contributed by atoms with Gasteiger partial charge in [-0.2, -0.15) is 5.10 Å². The van der Waals surface area contributed by atoms with Crippen molar-refractivity contribution in [1.29, 1.82) is 0 Å². The molecule has 1 aliphatic rings. The Kier molecular flexibility index (Phi) is 4.10. The van der Waals surface area contributed by atoms with E-state index in [1.165, 1.54) is 24.3 Å². The number of ether oxygens (including phenoxy) is 1. The molecular weight excluding hydrogens is 373 g/mol. The van der Waals surface area contributed by atoms with Crippen LogP contribution in [0, 0.1) is 0 Å². The average Bonchev–Trinajstić information content (AvgIpc) is 3.22. The van der Waals surface area contributed by atoms with E-state index in [0.717, 1.165) is 11.1 Å². The summed E-state index contributed by atoms with van der Waals surface area (Å²) in [7, 11) is 3.59. The largest absolute Gasteiger partial charge is 0.573 e. The fraction of sp³-hybridized carbons (Fsp3) is 0.211. The number of aromatic nitrogens is 4. The number of hydrogen-bond acceptors (Lipinski definition) is 4. The SMILES string of the molecule is Cn1cc(C2=C[C@H](c3ccc(OC(F)(F)F)cc3)C(=O)c3ncn(C)c32)cn1. The summed E-state index contributed by atoms with van der Waals surface area (Å²) in [6.07, 6.45) is 2.11. The summed E-state index contributed by atoms with van der Waals surface area (Å²) in [5.74, 6) is -1.22. The lowest BCUT2D eigenvalue weighted by Gasteiger charge is -2.21. The number of alkyl halides is 3. The first-order valence-corrected chi connectivity index (χ1v) is 8.35. The quantitative estimate of drug-likeness (QED) is 0.689. The van der Waals surface area contributed by atoms with E-state index in [9.17, 15) is 18.0 Å². The summed E-state index contributed by atoms with van der Waals surface area (Å²) in [4.78, 5) is 17.2. The van der Waals surface area contributed by atoms with Crippen LogP contribution in [0.1, 0.15) is 33.2 Å². The maximum absolute atomic E-state index is 13.0. The molecule has 0 saturated heterocycles. The third-order valence-corrected chi connectivity index (χ3v) is 4.53. The summed E-state index contributed by atoms with van der Waals surface area (Å²) in [6, 6.07) is 5.30. The number of rotatable bonds is 3. The molecule has 0 radical (unpaired) electrons. The van der Waals surface area contributed by atoms with Crippen LogP contribution in [0.5, 0.6) is 5.75 Å².